The molecule has 0 aromatic carbocycles. The highest BCUT2D eigenvalue weighted by Crippen LogP contribution is 2.46. The molecule has 2 rings (SSSR count). The first kappa shape index (κ1) is 9.71. The van der Waals surface area contributed by atoms with Crippen LogP contribution >= 0.6 is 0 Å². The minimum absolute atomic E-state index is 0.761. The minimum Gasteiger partial charge on any atom is -0.317 e. The first-order valence-corrected chi connectivity index (χ1v) is 5.59. The molecule has 3 heteroatoms. The van der Waals surface area contributed by atoms with E-state index < -0.39 is 0 Å². The molecule has 1 N–H and O–H groups in total. The van der Waals surface area contributed by atoms with Crippen molar-refractivity contribution in [2.75, 3.05) is 13.1 Å². The summed E-state index contributed by atoms with van der Waals surface area (Å²) >= 11 is 0. The number of rotatable bonds is 5. The van der Waals surface area contributed by atoms with Crippen LogP contribution in [0.1, 0.15) is 31.9 Å². The molecule has 1 aliphatic carbocycles. The highest BCUT2D eigenvalue weighted by molar-refractivity contribution is 5.17. The SMILES string of the molecule is CCNCC1CC1c1ccnn1CC. The Morgan fingerprint density at radius 2 is 2.43 bits per heavy atom. The van der Waals surface area contributed by atoms with Crippen molar-refractivity contribution in [2.24, 2.45) is 5.92 Å². The van der Waals surface area contributed by atoms with E-state index in [4.69, 9.17) is 0 Å². The zero-order chi connectivity index (χ0) is 9.97. The van der Waals surface area contributed by atoms with Gasteiger partial charge in [-0.25, -0.2) is 0 Å². The first-order chi connectivity index (χ1) is 6.86. The Balaban J connectivity index is 1.92. The Morgan fingerprint density at radius 1 is 1.57 bits per heavy atom. The van der Waals surface area contributed by atoms with Crippen LogP contribution in [0.4, 0.5) is 0 Å². The molecule has 1 aliphatic rings. The lowest BCUT2D eigenvalue weighted by molar-refractivity contribution is 0.597. The van der Waals surface area contributed by atoms with E-state index in [2.05, 4.69) is 35.0 Å². The highest BCUT2D eigenvalue weighted by Gasteiger charge is 2.39. The zero-order valence-corrected chi connectivity index (χ0v) is 9.03. The smallest absolute Gasteiger partial charge is 0.0492 e. The summed E-state index contributed by atoms with van der Waals surface area (Å²) in [5.41, 5.74) is 1.43. The lowest BCUT2D eigenvalue weighted by Crippen LogP contribution is -2.16. The van der Waals surface area contributed by atoms with Crippen molar-refractivity contribution in [1.82, 2.24) is 15.1 Å². The van der Waals surface area contributed by atoms with Crippen LogP contribution < -0.4 is 5.32 Å². The molecule has 1 aromatic rings. The largest absolute Gasteiger partial charge is 0.317 e. The Morgan fingerprint density at radius 3 is 3.14 bits per heavy atom. The molecule has 14 heavy (non-hydrogen) atoms. The first-order valence-electron chi connectivity index (χ1n) is 5.59. The number of hydrogen-bond acceptors (Lipinski definition) is 2. The highest BCUT2D eigenvalue weighted by atomic mass is 15.3. The Labute approximate surface area is 85.5 Å². The maximum Gasteiger partial charge on any atom is 0.0492 e. The molecule has 0 spiro atoms. The molecule has 2 unspecified atom stereocenters. The van der Waals surface area contributed by atoms with Crippen molar-refractivity contribution < 1.29 is 0 Å². The van der Waals surface area contributed by atoms with Crippen molar-refractivity contribution in [2.45, 2.75) is 32.7 Å². The van der Waals surface area contributed by atoms with E-state index in [-0.39, 0.29) is 0 Å². The number of aryl methyl sites for hydroxylation is 1. The Kier molecular flexibility index (Phi) is 2.87. The summed E-state index contributed by atoms with van der Waals surface area (Å²) in [6, 6.07) is 2.17. The van der Waals surface area contributed by atoms with Crippen LogP contribution in [0.25, 0.3) is 0 Å². The van der Waals surface area contributed by atoms with Gasteiger partial charge in [-0.3, -0.25) is 4.68 Å². The normalized spacial score (nSPS) is 25.3. The molecule has 1 aromatic heterocycles. The molecular formula is C11H19N3. The van der Waals surface area contributed by atoms with Gasteiger partial charge in [0.25, 0.3) is 0 Å². The van der Waals surface area contributed by atoms with Crippen LogP contribution in [0, 0.1) is 5.92 Å². The zero-order valence-electron chi connectivity index (χ0n) is 9.03. The Bertz CT molecular complexity index is 292. The van der Waals surface area contributed by atoms with Gasteiger partial charge in [-0.2, -0.15) is 5.10 Å². The van der Waals surface area contributed by atoms with Crippen molar-refractivity contribution in [1.29, 1.82) is 0 Å². The monoisotopic (exact) mass is 193 g/mol. The maximum absolute atomic E-state index is 4.31. The van der Waals surface area contributed by atoms with E-state index in [0.29, 0.717) is 0 Å². The number of aromatic nitrogens is 2. The molecule has 0 aliphatic heterocycles. The molecule has 0 saturated heterocycles. The van der Waals surface area contributed by atoms with Crippen molar-refractivity contribution in [3.8, 4) is 0 Å². The molecule has 1 saturated carbocycles. The van der Waals surface area contributed by atoms with Crippen molar-refractivity contribution in [3.63, 3.8) is 0 Å². The van der Waals surface area contributed by atoms with Crippen molar-refractivity contribution in [3.05, 3.63) is 18.0 Å². The van der Waals surface area contributed by atoms with Crippen LogP contribution in [0.3, 0.4) is 0 Å². The van der Waals surface area contributed by atoms with E-state index >= 15 is 0 Å². The summed E-state index contributed by atoms with van der Waals surface area (Å²) in [5, 5.41) is 7.72. The Hall–Kier alpha value is -0.830. The van der Waals surface area contributed by atoms with E-state index in [0.717, 1.165) is 31.5 Å². The second kappa shape index (κ2) is 4.13. The number of hydrogen-bond donors (Lipinski definition) is 1. The fourth-order valence-electron chi connectivity index (χ4n) is 2.09. The van der Waals surface area contributed by atoms with Crippen LogP contribution in [-0.2, 0) is 6.54 Å². The van der Waals surface area contributed by atoms with Crippen molar-refractivity contribution >= 4 is 0 Å². The van der Waals surface area contributed by atoms with E-state index in [1.807, 2.05) is 6.20 Å². The van der Waals surface area contributed by atoms with Crippen LogP contribution in [-0.4, -0.2) is 22.9 Å². The van der Waals surface area contributed by atoms with Gasteiger partial charge in [0.15, 0.2) is 0 Å². The second-order valence-corrected chi connectivity index (χ2v) is 3.98. The summed E-state index contributed by atoms with van der Waals surface area (Å²) in [6.07, 6.45) is 3.25. The molecule has 2 atom stereocenters. The molecule has 1 fully saturated rings. The number of nitrogens with zero attached hydrogens (tertiary/aromatic N) is 2. The summed E-state index contributed by atoms with van der Waals surface area (Å²) in [5.74, 6) is 1.61. The van der Waals surface area contributed by atoms with E-state index in [9.17, 15) is 0 Å². The molecule has 0 radical (unpaired) electrons. The second-order valence-electron chi connectivity index (χ2n) is 3.98. The summed E-state index contributed by atoms with van der Waals surface area (Å²) in [7, 11) is 0. The maximum atomic E-state index is 4.31. The molecule has 0 amide bonds. The third-order valence-corrected chi connectivity index (χ3v) is 3.01. The van der Waals surface area contributed by atoms with Gasteiger partial charge in [0, 0.05) is 24.4 Å². The number of nitrogens with one attached hydrogen (secondary N) is 1. The molecule has 3 nitrogen and oxygen atoms in total. The van der Waals surface area contributed by atoms with Gasteiger partial charge < -0.3 is 5.32 Å². The van der Waals surface area contributed by atoms with Gasteiger partial charge in [0.2, 0.25) is 0 Å². The van der Waals surface area contributed by atoms with Gasteiger partial charge in [-0.05, 0) is 38.4 Å². The quantitative estimate of drug-likeness (QED) is 0.770. The summed E-state index contributed by atoms with van der Waals surface area (Å²) in [4.78, 5) is 0. The summed E-state index contributed by atoms with van der Waals surface area (Å²) in [6.45, 7) is 7.55. The van der Waals surface area contributed by atoms with Gasteiger partial charge >= 0.3 is 0 Å². The molecule has 78 valence electrons. The molecule has 1 heterocycles. The van der Waals surface area contributed by atoms with E-state index in [1.54, 1.807) is 0 Å². The molecular weight excluding hydrogens is 174 g/mol. The van der Waals surface area contributed by atoms with Crippen LogP contribution in [0.5, 0.6) is 0 Å². The topological polar surface area (TPSA) is 29.9 Å². The lowest BCUT2D eigenvalue weighted by Gasteiger charge is -2.04. The fraction of sp³-hybridized carbons (Fsp3) is 0.727. The minimum atomic E-state index is 0.761. The third kappa shape index (κ3) is 1.82. The van der Waals surface area contributed by atoms with Gasteiger partial charge in [0.1, 0.15) is 0 Å². The average molecular weight is 193 g/mol. The standard InChI is InChI=1S/C11H19N3/c1-3-12-8-9-7-10(9)11-5-6-13-14(11)4-2/h5-6,9-10,12H,3-4,7-8H2,1-2H3. The third-order valence-electron chi connectivity index (χ3n) is 3.01. The predicted octanol–water partition coefficient (Wildman–Crippen LogP) is 1.62. The lowest BCUT2D eigenvalue weighted by atomic mass is 10.2. The van der Waals surface area contributed by atoms with Crippen LogP contribution in [0.2, 0.25) is 0 Å². The van der Waals surface area contributed by atoms with Gasteiger partial charge in [-0.1, -0.05) is 6.92 Å². The molecule has 0 bridgehead atoms. The van der Waals surface area contributed by atoms with Gasteiger partial charge in [-0.15, -0.1) is 0 Å². The summed E-state index contributed by atoms with van der Waals surface area (Å²) < 4.78 is 2.12. The van der Waals surface area contributed by atoms with E-state index in [1.165, 1.54) is 12.1 Å². The average Bonchev–Trinajstić information content (AvgIpc) is 2.82. The predicted molar refractivity (Wildman–Crippen MR) is 57.3 cm³/mol. The fourth-order valence-corrected chi connectivity index (χ4v) is 2.09. The van der Waals surface area contributed by atoms with Crippen LogP contribution in [0.15, 0.2) is 12.3 Å². The van der Waals surface area contributed by atoms with Gasteiger partial charge in [0.05, 0.1) is 0 Å².